The fourth-order valence-corrected chi connectivity index (χ4v) is 4.74. The van der Waals surface area contributed by atoms with Gasteiger partial charge in [0.2, 0.25) is 5.91 Å². The number of methoxy groups -OCH3 is 1. The van der Waals surface area contributed by atoms with Gasteiger partial charge in [0, 0.05) is 57.4 Å². The molecule has 11 nitrogen and oxygen atoms in total. The molecule has 4 heterocycles. The molecule has 1 aromatic carbocycles. The summed E-state index contributed by atoms with van der Waals surface area (Å²) in [6.07, 6.45) is 3.72. The van der Waals surface area contributed by atoms with Crippen molar-refractivity contribution >= 4 is 47.1 Å². The van der Waals surface area contributed by atoms with Crippen LogP contribution in [0.15, 0.2) is 36.5 Å². The van der Waals surface area contributed by atoms with Gasteiger partial charge in [-0.05, 0) is 43.7 Å². The summed E-state index contributed by atoms with van der Waals surface area (Å²) in [5.74, 6) is 1.03. The van der Waals surface area contributed by atoms with Crippen LogP contribution in [0.2, 0.25) is 0 Å². The minimum Gasteiger partial charge on any atom is -0.494 e. The van der Waals surface area contributed by atoms with Crippen molar-refractivity contribution in [1.29, 1.82) is 0 Å². The summed E-state index contributed by atoms with van der Waals surface area (Å²) in [5, 5.41) is 14.4. The van der Waals surface area contributed by atoms with Gasteiger partial charge in [-0.25, -0.2) is 9.50 Å². The van der Waals surface area contributed by atoms with Gasteiger partial charge in [0.15, 0.2) is 11.3 Å². The molecule has 37 heavy (non-hydrogen) atoms. The Morgan fingerprint density at radius 2 is 1.95 bits per heavy atom. The molecule has 0 bridgehead atoms. The fraction of sp³-hybridized carbons (Fsp3) is 0.440. The number of hydrogen-bond acceptors (Lipinski definition) is 8. The van der Waals surface area contributed by atoms with E-state index in [2.05, 4.69) is 30.9 Å². The van der Waals surface area contributed by atoms with Crippen LogP contribution in [0.1, 0.15) is 30.3 Å². The third kappa shape index (κ3) is 5.89. The third-order valence-corrected chi connectivity index (χ3v) is 6.77. The Labute approximate surface area is 222 Å². The first kappa shape index (κ1) is 26.5. The number of piperazine rings is 1. The maximum atomic E-state index is 13.2. The van der Waals surface area contributed by atoms with Crippen molar-refractivity contribution in [1.82, 2.24) is 24.8 Å². The summed E-state index contributed by atoms with van der Waals surface area (Å²) < 4.78 is 7.14. The van der Waals surface area contributed by atoms with Crippen LogP contribution < -0.4 is 25.6 Å². The van der Waals surface area contributed by atoms with Gasteiger partial charge in [0.25, 0.3) is 5.91 Å². The highest BCUT2D eigenvalue weighted by molar-refractivity contribution is 6.04. The van der Waals surface area contributed by atoms with Crippen molar-refractivity contribution in [2.75, 3.05) is 61.9 Å². The summed E-state index contributed by atoms with van der Waals surface area (Å²) in [5.41, 5.74) is 2.48. The van der Waals surface area contributed by atoms with Crippen LogP contribution in [0, 0.1) is 0 Å². The van der Waals surface area contributed by atoms with Crippen LogP contribution in [-0.4, -0.2) is 83.7 Å². The largest absolute Gasteiger partial charge is 0.494 e. The molecule has 2 saturated heterocycles. The van der Waals surface area contributed by atoms with Crippen LogP contribution in [0.5, 0.6) is 5.75 Å². The number of anilines is 3. The molecule has 2 aliphatic rings. The third-order valence-electron chi connectivity index (χ3n) is 6.77. The van der Waals surface area contributed by atoms with E-state index in [1.165, 1.54) is 6.20 Å². The first-order chi connectivity index (χ1) is 17.5. The van der Waals surface area contributed by atoms with Gasteiger partial charge in [-0.1, -0.05) is 0 Å². The number of halogens is 1. The van der Waals surface area contributed by atoms with E-state index in [0.29, 0.717) is 47.7 Å². The number of nitrogens with zero attached hydrogens (tertiary/aromatic N) is 5. The van der Waals surface area contributed by atoms with E-state index in [-0.39, 0.29) is 24.2 Å². The second-order valence-electron chi connectivity index (χ2n) is 9.15. The zero-order valence-electron chi connectivity index (χ0n) is 21.1. The number of nitrogens with one attached hydrogen (secondary N) is 3. The van der Waals surface area contributed by atoms with E-state index in [9.17, 15) is 9.59 Å². The van der Waals surface area contributed by atoms with Gasteiger partial charge in [-0.3, -0.25) is 9.59 Å². The van der Waals surface area contributed by atoms with Crippen LogP contribution in [0.4, 0.5) is 17.2 Å². The molecule has 1 atom stereocenters. The van der Waals surface area contributed by atoms with Crippen molar-refractivity contribution in [3.63, 3.8) is 0 Å². The van der Waals surface area contributed by atoms with Crippen LogP contribution in [-0.2, 0) is 4.79 Å². The fourth-order valence-electron chi connectivity index (χ4n) is 4.74. The van der Waals surface area contributed by atoms with Gasteiger partial charge in [0.1, 0.15) is 11.6 Å². The Hall–Kier alpha value is -3.57. The van der Waals surface area contributed by atoms with Crippen LogP contribution >= 0.6 is 12.4 Å². The number of aromatic nitrogens is 3. The summed E-state index contributed by atoms with van der Waals surface area (Å²) in [4.78, 5) is 33.2. The number of rotatable bonds is 6. The minimum atomic E-state index is -0.326. The average molecular weight is 529 g/mol. The SMILES string of the molecule is COc1cc(N2CCN(C(C)=O)CC2)ccc1NC(=O)c1cnc2ccc(N[C@@H]3CCCNC3)nn12.Cl. The van der Waals surface area contributed by atoms with Gasteiger partial charge < -0.3 is 30.5 Å². The number of imidazole rings is 1. The highest BCUT2D eigenvalue weighted by Crippen LogP contribution is 2.31. The topological polar surface area (TPSA) is 116 Å². The normalized spacial score (nSPS) is 17.7. The molecule has 198 valence electrons. The van der Waals surface area contributed by atoms with Crippen molar-refractivity contribution in [2.45, 2.75) is 25.8 Å². The molecule has 0 spiro atoms. The summed E-state index contributed by atoms with van der Waals surface area (Å²) in [6.45, 7) is 6.39. The summed E-state index contributed by atoms with van der Waals surface area (Å²) in [6, 6.07) is 9.74. The number of hydrogen-bond donors (Lipinski definition) is 3. The molecule has 2 fully saturated rings. The van der Waals surface area contributed by atoms with E-state index in [1.807, 2.05) is 35.2 Å². The molecule has 5 rings (SSSR count). The molecule has 0 aliphatic carbocycles. The zero-order chi connectivity index (χ0) is 25.1. The minimum absolute atomic E-state index is 0. The number of piperidine rings is 1. The van der Waals surface area contributed by atoms with Gasteiger partial charge in [-0.2, -0.15) is 0 Å². The lowest BCUT2D eigenvalue weighted by molar-refractivity contribution is -0.129. The molecule has 2 amide bonds. The molecular weight excluding hydrogens is 496 g/mol. The number of fused-ring (bicyclic) bond motifs is 1. The molecule has 0 unspecified atom stereocenters. The maximum absolute atomic E-state index is 13.2. The number of carbonyl (C=O) groups excluding carboxylic acids is 2. The highest BCUT2D eigenvalue weighted by atomic mass is 35.5. The number of amides is 2. The quantitative estimate of drug-likeness (QED) is 0.446. The van der Waals surface area contributed by atoms with Crippen molar-refractivity contribution in [3.8, 4) is 5.75 Å². The summed E-state index contributed by atoms with van der Waals surface area (Å²) >= 11 is 0. The van der Waals surface area contributed by atoms with Crippen molar-refractivity contribution in [3.05, 3.63) is 42.2 Å². The van der Waals surface area contributed by atoms with Gasteiger partial charge in [0.05, 0.1) is 19.0 Å². The number of ether oxygens (including phenoxy) is 1. The second kappa shape index (κ2) is 11.7. The van der Waals surface area contributed by atoms with Crippen LogP contribution in [0.25, 0.3) is 5.65 Å². The molecule has 3 aromatic rings. The molecule has 2 aliphatic heterocycles. The van der Waals surface area contributed by atoms with Gasteiger partial charge >= 0.3 is 0 Å². The first-order valence-corrected chi connectivity index (χ1v) is 12.3. The Balaban J connectivity index is 0.00000320. The number of benzene rings is 1. The van der Waals surface area contributed by atoms with Gasteiger partial charge in [-0.15, -0.1) is 17.5 Å². The maximum Gasteiger partial charge on any atom is 0.276 e. The van der Waals surface area contributed by atoms with Crippen LogP contribution in [0.3, 0.4) is 0 Å². The molecule has 2 aromatic heterocycles. The Morgan fingerprint density at radius 1 is 1.14 bits per heavy atom. The summed E-state index contributed by atoms with van der Waals surface area (Å²) in [7, 11) is 1.58. The van der Waals surface area contributed by atoms with E-state index in [0.717, 1.165) is 44.7 Å². The predicted molar refractivity (Wildman–Crippen MR) is 145 cm³/mol. The molecule has 0 saturated carbocycles. The Kier molecular flexibility index (Phi) is 8.34. The van der Waals surface area contributed by atoms with E-state index >= 15 is 0 Å². The average Bonchev–Trinajstić information content (AvgIpc) is 3.33. The molecule has 0 radical (unpaired) electrons. The second-order valence-corrected chi connectivity index (χ2v) is 9.15. The smallest absolute Gasteiger partial charge is 0.276 e. The first-order valence-electron chi connectivity index (χ1n) is 12.3. The zero-order valence-corrected chi connectivity index (χ0v) is 21.9. The molecular formula is C25H33ClN8O3. The molecule has 3 N–H and O–H groups in total. The van der Waals surface area contributed by atoms with E-state index in [1.54, 1.807) is 18.5 Å². The number of carbonyl (C=O) groups is 2. The lowest BCUT2D eigenvalue weighted by Crippen LogP contribution is -2.48. The van der Waals surface area contributed by atoms with E-state index in [4.69, 9.17) is 4.74 Å². The molecule has 12 heteroatoms. The van der Waals surface area contributed by atoms with Crippen molar-refractivity contribution in [2.24, 2.45) is 0 Å². The van der Waals surface area contributed by atoms with Crippen molar-refractivity contribution < 1.29 is 14.3 Å². The lowest BCUT2D eigenvalue weighted by atomic mass is 10.1. The standard InChI is InChI=1S/C25H32N8O3.ClH/c1-17(34)31-10-12-32(13-11-31)19-5-6-20(22(14-19)36-2)29-25(35)21-16-27-24-8-7-23(30-33(21)24)28-18-4-3-9-26-15-18;/h5-8,14,16,18,26H,3-4,9-13,15H2,1-2H3,(H,28,30)(H,29,35);1H/t18-;/m1./s1. The van der Waals surface area contributed by atoms with E-state index < -0.39 is 0 Å². The highest BCUT2D eigenvalue weighted by Gasteiger charge is 2.21. The Morgan fingerprint density at radius 3 is 2.65 bits per heavy atom. The lowest BCUT2D eigenvalue weighted by Gasteiger charge is -2.35. The Bertz CT molecular complexity index is 1250. The predicted octanol–water partition coefficient (Wildman–Crippen LogP) is 2.24. The monoisotopic (exact) mass is 528 g/mol.